The van der Waals surface area contributed by atoms with Crippen molar-refractivity contribution in [3.63, 3.8) is 0 Å². The molecule has 0 spiro atoms. The van der Waals surface area contributed by atoms with Crippen LogP contribution in [0.5, 0.6) is 0 Å². The van der Waals surface area contributed by atoms with Crippen LogP contribution in [0.1, 0.15) is 11.1 Å². The summed E-state index contributed by atoms with van der Waals surface area (Å²) in [6, 6.07) is 28.4. The van der Waals surface area contributed by atoms with Gasteiger partial charge in [-0.15, -0.1) is 0 Å². The predicted molar refractivity (Wildman–Crippen MR) is 127 cm³/mol. The molecule has 0 aliphatic carbocycles. The monoisotopic (exact) mass is 441 g/mol. The summed E-state index contributed by atoms with van der Waals surface area (Å²) >= 11 is 0. The second-order valence-electron chi connectivity index (χ2n) is 7.59. The third-order valence-electron chi connectivity index (χ3n) is 5.42. The van der Waals surface area contributed by atoms with E-state index in [-0.39, 0.29) is 0 Å². The summed E-state index contributed by atoms with van der Waals surface area (Å²) in [4.78, 5) is 4.83. The highest BCUT2D eigenvalue weighted by molar-refractivity contribution is 6.11. The van der Waals surface area contributed by atoms with Gasteiger partial charge in [0.1, 0.15) is 0 Å². The normalized spacial score (nSPS) is 12.0. The van der Waals surface area contributed by atoms with Gasteiger partial charge in [0, 0.05) is 21.9 Å². The van der Waals surface area contributed by atoms with Gasteiger partial charge < -0.3 is 0 Å². The second kappa shape index (κ2) is 8.39. The molecule has 5 aromatic rings. The first-order chi connectivity index (χ1) is 16.0. The zero-order valence-corrected chi connectivity index (χ0v) is 17.3. The average Bonchev–Trinajstić information content (AvgIpc) is 2.84. The molecule has 5 rings (SSSR count). The highest BCUT2D eigenvalue weighted by Crippen LogP contribution is 2.33. The van der Waals surface area contributed by atoms with Crippen molar-refractivity contribution in [1.29, 1.82) is 0 Å². The number of fused-ring (bicyclic) bond motifs is 3. The highest BCUT2D eigenvalue weighted by atomic mass is 19.4. The maximum absolute atomic E-state index is 13.0. The van der Waals surface area contributed by atoms with Crippen LogP contribution in [-0.4, -0.2) is 11.2 Å². The molecule has 0 amide bonds. The predicted octanol–water partition coefficient (Wildman–Crippen LogP) is 7.52. The molecular weight excluding hydrogens is 423 g/mol. The van der Waals surface area contributed by atoms with Gasteiger partial charge in [0.25, 0.3) is 0 Å². The molecule has 0 atom stereocenters. The van der Waals surface area contributed by atoms with E-state index in [1.807, 2.05) is 72.8 Å². The molecule has 6 heteroatoms. The van der Waals surface area contributed by atoms with Crippen LogP contribution in [0.3, 0.4) is 0 Å². The van der Waals surface area contributed by atoms with Crippen molar-refractivity contribution in [1.82, 2.24) is 4.98 Å². The topological polar surface area (TPSA) is 37.3 Å². The van der Waals surface area contributed by atoms with Crippen molar-refractivity contribution in [3.8, 4) is 11.3 Å². The van der Waals surface area contributed by atoms with Crippen LogP contribution in [0.15, 0.2) is 102 Å². The Balaban J connectivity index is 1.64. The summed E-state index contributed by atoms with van der Waals surface area (Å²) in [6.45, 7) is 0. The Labute approximate surface area is 188 Å². The Morgan fingerprint density at radius 1 is 0.758 bits per heavy atom. The number of aromatic nitrogens is 1. The fourth-order valence-electron chi connectivity index (χ4n) is 3.76. The van der Waals surface area contributed by atoms with E-state index < -0.39 is 11.7 Å². The molecule has 33 heavy (non-hydrogen) atoms. The molecule has 162 valence electrons. The third-order valence-corrected chi connectivity index (χ3v) is 5.42. The number of nitrogens with zero attached hydrogens (tertiary/aromatic N) is 2. The van der Waals surface area contributed by atoms with Gasteiger partial charge in [-0.25, -0.2) is 4.98 Å². The molecule has 1 aromatic heterocycles. The number of alkyl halides is 3. The smallest absolute Gasteiger partial charge is 0.279 e. The van der Waals surface area contributed by atoms with Crippen molar-refractivity contribution in [2.75, 3.05) is 5.43 Å². The first kappa shape index (κ1) is 20.7. The molecule has 1 N–H and O–H groups in total. The van der Waals surface area contributed by atoms with Crippen LogP contribution >= 0.6 is 0 Å². The molecule has 0 saturated heterocycles. The number of halogens is 3. The van der Waals surface area contributed by atoms with Gasteiger partial charge in [0.2, 0.25) is 0 Å². The van der Waals surface area contributed by atoms with E-state index in [1.54, 1.807) is 6.21 Å². The summed E-state index contributed by atoms with van der Waals surface area (Å²) < 4.78 is 39.0. The van der Waals surface area contributed by atoms with Gasteiger partial charge >= 0.3 is 6.18 Å². The van der Waals surface area contributed by atoms with Crippen molar-refractivity contribution in [3.05, 3.63) is 108 Å². The Morgan fingerprint density at radius 3 is 2.24 bits per heavy atom. The van der Waals surface area contributed by atoms with Gasteiger partial charge in [-0.3, -0.25) is 5.43 Å². The number of anilines is 1. The van der Waals surface area contributed by atoms with Crippen LogP contribution in [0.25, 0.3) is 32.9 Å². The highest BCUT2D eigenvalue weighted by Gasteiger charge is 2.30. The van der Waals surface area contributed by atoms with Gasteiger partial charge in [-0.05, 0) is 35.7 Å². The molecule has 4 aromatic carbocycles. The molecule has 0 aliphatic heterocycles. The van der Waals surface area contributed by atoms with Gasteiger partial charge in [-0.2, -0.15) is 18.3 Å². The van der Waals surface area contributed by atoms with Crippen LogP contribution in [0.2, 0.25) is 0 Å². The number of hydrazone groups is 1. The minimum atomic E-state index is -4.38. The SMILES string of the molecule is FC(F)(F)c1ccc(-c2cc(C=NNc3ccccc3)c3ccc4ccccc4c3n2)cc1. The van der Waals surface area contributed by atoms with E-state index in [9.17, 15) is 13.2 Å². The van der Waals surface area contributed by atoms with E-state index in [2.05, 4.69) is 10.5 Å². The molecule has 0 radical (unpaired) electrons. The van der Waals surface area contributed by atoms with Crippen molar-refractivity contribution >= 4 is 33.6 Å². The van der Waals surface area contributed by atoms with E-state index in [0.717, 1.165) is 45.1 Å². The molecule has 1 heterocycles. The molecule has 0 unspecified atom stereocenters. The Hall–Kier alpha value is -4.19. The average molecular weight is 441 g/mol. The minimum absolute atomic E-state index is 0.578. The number of para-hydroxylation sites is 1. The fraction of sp³-hybridized carbons (Fsp3) is 0.0370. The van der Waals surface area contributed by atoms with E-state index >= 15 is 0 Å². The Morgan fingerprint density at radius 2 is 1.48 bits per heavy atom. The lowest BCUT2D eigenvalue weighted by Gasteiger charge is -2.11. The van der Waals surface area contributed by atoms with Gasteiger partial charge in [0.05, 0.1) is 28.7 Å². The van der Waals surface area contributed by atoms with Crippen LogP contribution in [0.4, 0.5) is 18.9 Å². The van der Waals surface area contributed by atoms with Crippen molar-refractivity contribution < 1.29 is 13.2 Å². The van der Waals surface area contributed by atoms with Gasteiger partial charge in [0.15, 0.2) is 0 Å². The standard InChI is InChI=1S/C27H18F3N3/c28-27(29,30)21-13-10-19(11-14-21)25-16-20(17-31-33-22-7-2-1-3-8-22)24-15-12-18-6-4-5-9-23(18)26(24)32-25/h1-17,33H. The summed E-state index contributed by atoms with van der Waals surface area (Å²) in [6.07, 6.45) is -2.67. The lowest BCUT2D eigenvalue weighted by Crippen LogP contribution is -2.04. The maximum Gasteiger partial charge on any atom is 0.416 e. The molecular formula is C27H18F3N3. The van der Waals surface area contributed by atoms with E-state index in [1.165, 1.54) is 12.1 Å². The Bertz CT molecular complexity index is 1460. The van der Waals surface area contributed by atoms with E-state index in [0.29, 0.717) is 11.3 Å². The summed E-state index contributed by atoms with van der Waals surface area (Å²) in [5.41, 5.74) is 5.92. The molecule has 3 nitrogen and oxygen atoms in total. The first-order valence-corrected chi connectivity index (χ1v) is 10.3. The number of hydrogen-bond acceptors (Lipinski definition) is 3. The largest absolute Gasteiger partial charge is 0.416 e. The van der Waals surface area contributed by atoms with Crippen LogP contribution in [0, 0.1) is 0 Å². The number of benzene rings is 4. The minimum Gasteiger partial charge on any atom is -0.279 e. The lowest BCUT2D eigenvalue weighted by atomic mass is 10.00. The number of pyridine rings is 1. The van der Waals surface area contributed by atoms with Gasteiger partial charge in [-0.1, -0.05) is 66.7 Å². The summed E-state index contributed by atoms with van der Waals surface area (Å²) in [5.74, 6) is 0. The third kappa shape index (κ3) is 4.28. The quantitative estimate of drug-likeness (QED) is 0.178. The van der Waals surface area contributed by atoms with Crippen molar-refractivity contribution in [2.45, 2.75) is 6.18 Å². The first-order valence-electron chi connectivity index (χ1n) is 10.3. The molecule has 0 bridgehead atoms. The zero-order valence-electron chi connectivity index (χ0n) is 17.3. The Kier molecular flexibility index (Phi) is 5.26. The van der Waals surface area contributed by atoms with E-state index in [4.69, 9.17) is 4.98 Å². The summed E-state index contributed by atoms with van der Waals surface area (Å²) in [7, 11) is 0. The maximum atomic E-state index is 13.0. The molecule has 0 aliphatic rings. The van der Waals surface area contributed by atoms with Crippen molar-refractivity contribution in [2.24, 2.45) is 5.10 Å². The second-order valence-corrected chi connectivity index (χ2v) is 7.59. The molecule has 0 fully saturated rings. The fourth-order valence-corrected chi connectivity index (χ4v) is 3.76. The van der Waals surface area contributed by atoms with Crippen LogP contribution < -0.4 is 5.43 Å². The summed E-state index contributed by atoms with van der Waals surface area (Å²) in [5, 5.41) is 7.28. The number of hydrogen-bond donors (Lipinski definition) is 1. The lowest BCUT2D eigenvalue weighted by molar-refractivity contribution is -0.137. The van der Waals surface area contributed by atoms with Crippen LogP contribution in [-0.2, 0) is 6.18 Å². The zero-order chi connectivity index (χ0) is 22.8. The number of nitrogens with one attached hydrogen (secondary N) is 1. The number of rotatable bonds is 4. The molecule has 0 saturated carbocycles.